The number of aldehydes is 1. The molecule has 0 saturated heterocycles. The average molecular weight is 365 g/mol. The summed E-state index contributed by atoms with van der Waals surface area (Å²) in [6.07, 6.45) is 0.755. The van der Waals surface area contributed by atoms with E-state index in [1.54, 1.807) is 24.3 Å². The van der Waals surface area contributed by atoms with E-state index < -0.39 is 0 Å². The predicted molar refractivity (Wildman–Crippen MR) is 83.7 cm³/mol. The topological polar surface area (TPSA) is 46.2 Å². The van der Waals surface area contributed by atoms with Gasteiger partial charge in [0.1, 0.15) is 6.29 Å². The van der Waals surface area contributed by atoms with Gasteiger partial charge in [0.05, 0.1) is 0 Å². The van der Waals surface area contributed by atoms with Crippen molar-refractivity contribution in [3.05, 3.63) is 62.7 Å². The number of nitrogens with one attached hydrogen (secondary N) is 1. The van der Waals surface area contributed by atoms with Crippen LogP contribution in [0.3, 0.4) is 0 Å². The second kappa shape index (κ2) is 5.97. The molecule has 1 amide bonds. The summed E-state index contributed by atoms with van der Waals surface area (Å²) in [6, 6.07) is 12.4. The summed E-state index contributed by atoms with van der Waals surface area (Å²) in [7, 11) is 0. The molecule has 19 heavy (non-hydrogen) atoms. The molecule has 4 heteroatoms. The van der Waals surface area contributed by atoms with Crippen LogP contribution in [0.1, 0.15) is 26.3 Å². The van der Waals surface area contributed by atoms with Crippen LogP contribution in [-0.2, 0) is 0 Å². The van der Waals surface area contributed by atoms with Crippen molar-refractivity contribution in [2.75, 3.05) is 5.32 Å². The summed E-state index contributed by atoms with van der Waals surface area (Å²) in [5.41, 5.74) is 2.90. The lowest BCUT2D eigenvalue weighted by atomic mass is 10.1. The minimum Gasteiger partial charge on any atom is -0.322 e. The lowest BCUT2D eigenvalue weighted by Gasteiger charge is -2.08. The van der Waals surface area contributed by atoms with Crippen molar-refractivity contribution in [3.63, 3.8) is 0 Å². The molecule has 0 bridgehead atoms. The Morgan fingerprint density at radius 1 is 1.16 bits per heavy atom. The Hall–Kier alpha value is -1.69. The number of amides is 1. The number of carbonyl (C=O) groups is 2. The third kappa shape index (κ3) is 3.41. The van der Waals surface area contributed by atoms with E-state index in [0.717, 1.165) is 21.1 Å². The smallest absolute Gasteiger partial charge is 0.255 e. The molecule has 0 spiro atoms. The van der Waals surface area contributed by atoms with Crippen molar-refractivity contribution < 1.29 is 9.59 Å². The van der Waals surface area contributed by atoms with Crippen LogP contribution in [0, 0.1) is 10.5 Å². The molecule has 0 heterocycles. The third-order valence-corrected chi connectivity index (χ3v) is 3.42. The Kier molecular flexibility index (Phi) is 4.31. The zero-order valence-corrected chi connectivity index (χ0v) is 12.5. The fourth-order valence-electron chi connectivity index (χ4n) is 1.67. The van der Waals surface area contributed by atoms with Gasteiger partial charge in [0.2, 0.25) is 0 Å². The summed E-state index contributed by atoms with van der Waals surface area (Å²) in [6.45, 7) is 1.95. The van der Waals surface area contributed by atoms with E-state index in [4.69, 9.17) is 0 Å². The van der Waals surface area contributed by atoms with Crippen molar-refractivity contribution in [3.8, 4) is 0 Å². The summed E-state index contributed by atoms with van der Waals surface area (Å²) < 4.78 is 1.13. The number of rotatable bonds is 3. The molecule has 0 fully saturated rings. The lowest BCUT2D eigenvalue weighted by molar-refractivity contribution is 0.102. The quantitative estimate of drug-likeness (QED) is 0.667. The van der Waals surface area contributed by atoms with E-state index in [1.165, 1.54) is 0 Å². The van der Waals surface area contributed by atoms with E-state index in [1.807, 2.05) is 25.1 Å². The first-order valence-corrected chi connectivity index (χ1v) is 6.81. The summed E-state index contributed by atoms with van der Waals surface area (Å²) >= 11 is 2.23. The first-order chi connectivity index (χ1) is 9.10. The Bertz CT molecular complexity index is 621. The molecule has 0 aliphatic carbocycles. The average Bonchev–Trinajstić information content (AvgIpc) is 2.42. The minimum atomic E-state index is -0.179. The molecule has 2 rings (SSSR count). The number of carbonyl (C=O) groups excluding carboxylic acids is 2. The normalized spacial score (nSPS) is 10.0. The highest BCUT2D eigenvalue weighted by atomic mass is 127. The maximum atomic E-state index is 12.0. The van der Waals surface area contributed by atoms with Crippen LogP contribution >= 0.6 is 22.6 Å². The Morgan fingerprint density at radius 3 is 2.42 bits per heavy atom. The Morgan fingerprint density at radius 2 is 1.84 bits per heavy atom. The zero-order valence-electron chi connectivity index (χ0n) is 10.3. The van der Waals surface area contributed by atoms with Gasteiger partial charge in [0.25, 0.3) is 5.91 Å². The molecule has 0 saturated carbocycles. The highest BCUT2D eigenvalue weighted by molar-refractivity contribution is 14.1. The second-order valence-electron chi connectivity index (χ2n) is 4.15. The second-order valence-corrected chi connectivity index (χ2v) is 5.40. The zero-order chi connectivity index (χ0) is 13.8. The summed E-state index contributed by atoms with van der Waals surface area (Å²) in [5.74, 6) is -0.179. The van der Waals surface area contributed by atoms with Crippen molar-refractivity contribution in [2.24, 2.45) is 0 Å². The first-order valence-electron chi connectivity index (χ1n) is 5.73. The molecule has 96 valence electrons. The number of hydrogen-bond donors (Lipinski definition) is 1. The molecule has 0 unspecified atom stereocenters. The van der Waals surface area contributed by atoms with Gasteiger partial charge < -0.3 is 5.32 Å². The molecule has 0 atom stereocenters. The van der Waals surface area contributed by atoms with Gasteiger partial charge in [-0.2, -0.15) is 0 Å². The fourth-order valence-corrected chi connectivity index (χ4v) is 2.32. The van der Waals surface area contributed by atoms with Crippen LogP contribution in [0.2, 0.25) is 0 Å². The van der Waals surface area contributed by atoms with Gasteiger partial charge >= 0.3 is 0 Å². The molecule has 3 nitrogen and oxygen atoms in total. The Labute approximate surface area is 125 Å². The van der Waals surface area contributed by atoms with Gasteiger partial charge in [-0.05, 0) is 65.4 Å². The highest BCUT2D eigenvalue weighted by Crippen LogP contribution is 2.18. The van der Waals surface area contributed by atoms with Crippen molar-refractivity contribution >= 4 is 40.5 Å². The molecule has 1 N–H and O–H groups in total. The van der Waals surface area contributed by atoms with Crippen molar-refractivity contribution in [2.45, 2.75) is 6.92 Å². The fraction of sp³-hybridized carbons (Fsp3) is 0.0667. The van der Waals surface area contributed by atoms with Gasteiger partial charge in [-0.3, -0.25) is 9.59 Å². The molecule has 0 aliphatic rings. The number of hydrogen-bond acceptors (Lipinski definition) is 2. The maximum Gasteiger partial charge on any atom is 0.255 e. The van der Waals surface area contributed by atoms with E-state index in [0.29, 0.717) is 11.1 Å². The van der Waals surface area contributed by atoms with Gasteiger partial charge in [0, 0.05) is 20.4 Å². The summed E-state index contributed by atoms with van der Waals surface area (Å²) in [5, 5.41) is 2.86. The van der Waals surface area contributed by atoms with E-state index in [-0.39, 0.29) is 5.91 Å². The largest absolute Gasteiger partial charge is 0.322 e. The van der Waals surface area contributed by atoms with E-state index >= 15 is 0 Å². The minimum absolute atomic E-state index is 0.179. The third-order valence-electron chi connectivity index (χ3n) is 2.75. The standard InChI is InChI=1S/C15H12INO2/c1-10-8-13(16)6-7-14(10)17-15(19)12-4-2-11(9-18)3-5-12/h2-9H,1H3,(H,17,19). The number of anilines is 1. The van der Waals surface area contributed by atoms with Gasteiger partial charge in [-0.25, -0.2) is 0 Å². The van der Waals surface area contributed by atoms with Gasteiger partial charge in [0.15, 0.2) is 0 Å². The van der Waals surface area contributed by atoms with Crippen LogP contribution in [0.4, 0.5) is 5.69 Å². The van der Waals surface area contributed by atoms with E-state index in [2.05, 4.69) is 27.9 Å². The molecular formula is C15H12INO2. The van der Waals surface area contributed by atoms with Crippen LogP contribution < -0.4 is 5.32 Å². The molecule has 0 aromatic heterocycles. The lowest BCUT2D eigenvalue weighted by Crippen LogP contribution is -2.12. The number of halogens is 1. The first kappa shape index (κ1) is 13.7. The van der Waals surface area contributed by atoms with Crippen LogP contribution in [0.25, 0.3) is 0 Å². The van der Waals surface area contributed by atoms with Crippen LogP contribution in [-0.4, -0.2) is 12.2 Å². The number of aryl methyl sites for hydroxylation is 1. The molecular weight excluding hydrogens is 353 g/mol. The van der Waals surface area contributed by atoms with Crippen LogP contribution in [0.5, 0.6) is 0 Å². The molecule has 2 aromatic rings. The monoisotopic (exact) mass is 365 g/mol. The van der Waals surface area contributed by atoms with Crippen molar-refractivity contribution in [1.82, 2.24) is 0 Å². The maximum absolute atomic E-state index is 12.0. The Balaban J connectivity index is 2.17. The molecule has 0 aliphatic heterocycles. The summed E-state index contributed by atoms with van der Waals surface area (Å²) in [4.78, 5) is 22.6. The van der Waals surface area contributed by atoms with Crippen molar-refractivity contribution in [1.29, 1.82) is 0 Å². The SMILES string of the molecule is Cc1cc(I)ccc1NC(=O)c1ccc(C=O)cc1. The number of benzene rings is 2. The highest BCUT2D eigenvalue weighted by Gasteiger charge is 2.07. The molecule has 0 radical (unpaired) electrons. The van der Waals surface area contributed by atoms with Gasteiger partial charge in [-0.15, -0.1) is 0 Å². The van der Waals surface area contributed by atoms with Gasteiger partial charge in [-0.1, -0.05) is 12.1 Å². The predicted octanol–water partition coefficient (Wildman–Crippen LogP) is 3.66. The molecule has 2 aromatic carbocycles. The van der Waals surface area contributed by atoms with E-state index in [9.17, 15) is 9.59 Å². The van der Waals surface area contributed by atoms with Crippen LogP contribution in [0.15, 0.2) is 42.5 Å².